The van der Waals surface area contributed by atoms with E-state index in [1.165, 1.54) is 38.8 Å². The predicted molar refractivity (Wildman–Crippen MR) is 94.8 cm³/mol. The van der Waals surface area contributed by atoms with Crippen LogP contribution in [0, 0.1) is 5.41 Å². The third-order valence-corrected chi connectivity index (χ3v) is 6.15. The number of pyridine rings is 1. The molecule has 1 spiro atoms. The van der Waals surface area contributed by atoms with E-state index in [9.17, 15) is 4.79 Å². The standard InChI is InChI=1S/C20H27N3O/c24-19(18-5-1-2-12-21-18)23-15-10-20(11-16-23)8-6-17(7-9-20)22-13-3-4-14-22/h1-2,5-6,8,12,17H,3-4,7,9-11,13-16H2. The van der Waals surface area contributed by atoms with Crippen LogP contribution in [0.3, 0.4) is 0 Å². The quantitative estimate of drug-likeness (QED) is 0.784. The zero-order chi connectivity index (χ0) is 16.4. The van der Waals surface area contributed by atoms with E-state index in [0.717, 1.165) is 25.9 Å². The SMILES string of the molecule is O=C(c1ccccn1)N1CCC2(C=CC(N3CCCC3)CC2)CC1. The molecule has 0 saturated carbocycles. The first-order valence-corrected chi connectivity index (χ1v) is 9.40. The first-order chi connectivity index (χ1) is 11.8. The molecule has 1 amide bonds. The second kappa shape index (κ2) is 6.67. The maximum atomic E-state index is 12.5. The van der Waals surface area contributed by atoms with E-state index in [2.05, 4.69) is 22.0 Å². The zero-order valence-corrected chi connectivity index (χ0v) is 14.4. The van der Waals surface area contributed by atoms with Crippen molar-refractivity contribution in [2.45, 2.75) is 44.6 Å². The first kappa shape index (κ1) is 15.8. The van der Waals surface area contributed by atoms with Gasteiger partial charge in [-0.25, -0.2) is 0 Å². The minimum absolute atomic E-state index is 0.0835. The molecular weight excluding hydrogens is 298 g/mol. The second-order valence-electron chi connectivity index (χ2n) is 7.58. The molecule has 3 aliphatic rings. The number of allylic oxidation sites excluding steroid dienone is 1. The number of hydrogen-bond acceptors (Lipinski definition) is 3. The van der Waals surface area contributed by atoms with Crippen molar-refractivity contribution in [1.29, 1.82) is 0 Å². The zero-order valence-electron chi connectivity index (χ0n) is 14.4. The van der Waals surface area contributed by atoms with Crippen LogP contribution in [-0.4, -0.2) is 52.9 Å². The van der Waals surface area contributed by atoms with E-state index in [0.29, 0.717) is 17.2 Å². The lowest BCUT2D eigenvalue weighted by Gasteiger charge is -2.43. The van der Waals surface area contributed by atoms with Crippen LogP contribution in [0.25, 0.3) is 0 Å². The smallest absolute Gasteiger partial charge is 0.272 e. The average Bonchev–Trinajstić information content (AvgIpc) is 3.18. The van der Waals surface area contributed by atoms with Gasteiger partial charge in [0.2, 0.25) is 0 Å². The second-order valence-corrected chi connectivity index (χ2v) is 7.58. The molecule has 0 radical (unpaired) electrons. The normalized spacial score (nSPS) is 26.8. The van der Waals surface area contributed by atoms with Crippen molar-refractivity contribution in [2.75, 3.05) is 26.2 Å². The summed E-state index contributed by atoms with van der Waals surface area (Å²) in [5, 5.41) is 0. The Balaban J connectivity index is 1.36. The molecule has 1 aliphatic carbocycles. The fourth-order valence-corrected chi connectivity index (χ4v) is 4.53. The lowest BCUT2D eigenvalue weighted by Crippen LogP contribution is -2.45. The van der Waals surface area contributed by atoms with Gasteiger partial charge in [0.05, 0.1) is 0 Å². The maximum Gasteiger partial charge on any atom is 0.272 e. The van der Waals surface area contributed by atoms with Gasteiger partial charge in [-0.1, -0.05) is 18.2 Å². The Morgan fingerprint density at radius 1 is 1.08 bits per heavy atom. The summed E-state index contributed by atoms with van der Waals surface area (Å²) in [6, 6.07) is 6.21. The van der Waals surface area contributed by atoms with Crippen LogP contribution in [0.1, 0.15) is 49.0 Å². The number of rotatable bonds is 2. The molecular formula is C20H27N3O. The van der Waals surface area contributed by atoms with E-state index in [1.54, 1.807) is 6.20 Å². The molecule has 1 unspecified atom stereocenters. The minimum Gasteiger partial charge on any atom is -0.337 e. The minimum atomic E-state index is 0.0835. The topological polar surface area (TPSA) is 36.4 Å². The Morgan fingerprint density at radius 3 is 2.50 bits per heavy atom. The van der Waals surface area contributed by atoms with Gasteiger partial charge in [0.1, 0.15) is 5.69 Å². The first-order valence-electron chi connectivity index (χ1n) is 9.40. The Kier molecular flexibility index (Phi) is 4.40. The van der Waals surface area contributed by atoms with E-state index in [-0.39, 0.29) is 5.91 Å². The Labute approximate surface area is 144 Å². The predicted octanol–water partition coefficient (Wildman–Crippen LogP) is 3.12. The molecule has 1 atom stereocenters. The molecule has 2 aliphatic heterocycles. The number of carbonyl (C=O) groups excluding carboxylic acids is 1. The Bertz CT molecular complexity index is 599. The third-order valence-electron chi connectivity index (χ3n) is 6.15. The lowest BCUT2D eigenvalue weighted by atomic mass is 9.71. The maximum absolute atomic E-state index is 12.5. The van der Waals surface area contributed by atoms with Gasteiger partial charge in [-0.15, -0.1) is 0 Å². The largest absolute Gasteiger partial charge is 0.337 e. The summed E-state index contributed by atoms with van der Waals surface area (Å²) in [7, 11) is 0. The van der Waals surface area contributed by atoms with Crippen LogP contribution in [0.5, 0.6) is 0 Å². The molecule has 128 valence electrons. The van der Waals surface area contributed by atoms with Crippen LogP contribution in [0.2, 0.25) is 0 Å². The number of likely N-dealkylation sites (tertiary alicyclic amines) is 2. The molecule has 24 heavy (non-hydrogen) atoms. The van der Waals surface area contributed by atoms with Crippen LogP contribution < -0.4 is 0 Å². The Morgan fingerprint density at radius 2 is 1.88 bits per heavy atom. The van der Waals surface area contributed by atoms with Crippen molar-refractivity contribution >= 4 is 5.91 Å². The van der Waals surface area contributed by atoms with Crippen molar-refractivity contribution in [2.24, 2.45) is 5.41 Å². The van der Waals surface area contributed by atoms with E-state index in [4.69, 9.17) is 0 Å². The van der Waals surface area contributed by atoms with Gasteiger partial charge >= 0.3 is 0 Å². The highest BCUT2D eigenvalue weighted by Gasteiger charge is 2.37. The molecule has 0 bridgehead atoms. The van der Waals surface area contributed by atoms with Crippen LogP contribution in [0.15, 0.2) is 36.5 Å². The van der Waals surface area contributed by atoms with Gasteiger partial charge in [-0.2, -0.15) is 0 Å². The van der Waals surface area contributed by atoms with Crippen LogP contribution in [0.4, 0.5) is 0 Å². The summed E-state index contributed by atoms with van der Waals surface area (Å²) < 4.78 is 0. The number of aromatic nitrogens is 1. The monoisotopic (exact) mass is 325 g/mol. The average molecular weight is 325 g/mol. The molecule has 0 aromatic carbocycles. The van der Waals surface area contributed by atoms with Crippen LogP contribution >= 0.6 is 0 Å². The van der Waals surface area contributed by atoms with Crippen molar-refractivity contribution in [1.82, 2.24) is 14.8 Å². The summed E-state index contributed by atoms with van der Waals surface area (Å²) in [4.78, 5) is 21.4. The van der Waals surface area contributed by atoms with Crippen molar-refractivity contribution in [3.05, 3.63) is 42.2 Å². The number of carbonyl (C=O) groups is 1. The number of amides is 1. The summed E-state index contributed by atoms with van der Waals surface area (Å²) >= 11 is 0. The van der Waals surface area contributed by atoms with Gasteiger partial charge in [-0.3, -0.25) is 14.7 Å². The van der Waals surface area contributed by atoms with E-state index >= 15 is 0 Å². The van der Waals surface area contributed by atoms with E-state index < -0.39 is 0 Å². The lowest BCUT2D eigenvalue weighted by molar-refractivity contribution is 0.0603. The molecule has 0 N–H and O–H groups in total. The van der Waals surface area contributed by atoms with Gasteiger partial charge in [0.15, 0.2) is 0 Å². The highest BCUT2D eigenvalue weighted by atomic mass is 16.2. The van der Waals surface area contributed by atoms with Crippen molar-refractivity contribution < 1.29 is 4.79 Å². The molecule has 4 nitrogen and oxygen atoms in total. The molecule has 1 aromatic rings. The number of piperidine rings is 1. The summed E-state index contributed by atoms with van der Waals surface area (Å²) in [5.41, 5.74) is 0.902. The molecule has 2 fully saturated rings. The van der Waals surface area contributed by atoms with Gasteiger partial charge in [0, 0.05) is 25.3 Å². The van der Waals surface area contributed by atoms with Crippen molar-refractivity contribution in [3.63, 3.8) is 0 Å². The van der Waals surface area contributed by atoms with E-state index in [1.807, 2.05) is 23.1 Å². The van der Waals surface area contributed by atoms with Gasteiger partial charge < -0.3 is 4.90 Å². The van der Waals surface area contributed by atoms with Crippen LogP contribution in [-0.2, 0) is 0 Å². The third kappa shape index (κ3) is 3.12. The van der Waals surface area contributed by atoms with Gasteiger partial charge in [0.25, 0.3) is 5.91 Å². The summed E-state index contributed by atoms with van der Waals surface area (Å²) in [5.74, 6) is 0.0835. The summed E-state index contributed by atoms with van der Waals surface area (Å²) in [6.45, 7) is 4.25. The highest BCUT2D eigenvalue weighted by Crippen LogP contribution is 2.42. The summed E-state index contributed by atoms with van der Waals surface area (Å²) in [6.07, 6.45) is 14.1. The molecule has 4 heteroatoms. The highest BCUT2D eigenvalue weighted by molar-refractivity contribution is 5.92. The molecule has 2 saturated heterocycles. The van der Waals surface area contributed by atoms with Gasteiger partial charge in [-0.05, 0) is 69.2 Å². The molecule has 1 aromatic heterocycles. The molecule has 3 heterocycles. The number of hydrogen-bond donors (Lipinski definition) is 0. The Hall–Kier alpha value is -1.68. The van der Waals surface area contributed by atoms with Crippen molar-refractivity contribution in [3.8, 4) is 0 Å². The molecule has 4 rings (SSSR count). The number of nitrogens with zero attached hydrogens (tertiary/aromatic N) is 3. The fraction of sp³-hybridized carbons (Fsp3) is 0.600. The fourth-order valence-electron chi connectivity index (χ4n) is 4.53.